The van der Waals surface area contributed by atoms with Crippen LogP contribution >= 0.6 is 0 Å². The molecule has 0 aliphatic rings. The highest BCUT2D eigenvalue weighted by Crippen LogP contribution is 2.22. The van der Waals surface area contributed by atoms with Gasteiger partial charge in [-0.25, -0.2) is 0 Å². The van der Waals surface area contributed by atoms with E-state index in [0.29, 0.717) is 0 Å². The van der Waals surface area contributed by atoms with E-state index in [1.807, 2.05) is 52.1 Å². The van der Waals surface area contributed by atoms with Gasteiger partial charge in [0, 0.05) is 12.6 Å². The van der Waals surface area contributed by atoms with Crippen LogP contribution in [0.3, 0.4) is 0 Å². The summed E-state index contributed by atoms with van der Waals surface area (Å²) in [5.74, 6) is 0.875. The molecule has 0 spiro atoms. The number of ether oxygens (including phenoxy) is 1. The van der Waals surface area contributed by atoms with Gasteiger partial charge in [-0.3, -0.25) is 0 Å². The zero-order valence-corrected chi connectivity index (χ0v) is 11.2. The van der Waals surface area contributed by atoms with Gasteiger partial charge in [-0.05, 0) is 51.9 Å². The maximum absolute atomic E-state index is 8.97. The Morgan fingerprint density at radius 1 is 1.24 bits per heavy atom. The SMILES string of the molecule is CNC(CCO)c1ccc(OC(C)(C)C)cc1. The summed E-state index contributed by atoms with van der Waals surface area (Å²) in [4.78, 5) is 0. The van der Waals surface area contributed by atoms with Gasteiger partial charge in [0.1, 0.15) is 11.4 Å². The van der Waals surface area contributed by atoms with Crippen molar-refractivity contribution in [2.24, 2.45) is 0 Å². The molecule has 1 rings (SSSR count). The number of aliphatic hydroxyl groups excluding tert-OH is 1. The second kappa shape index (κ2) is 6.03. The average molecular weight is 237 g/mol. The van der Waals surface area contributed by atoms with Gasteiger partial charge in [0.05, 0.1) is 0 Å². The number of nitrogens with one attached hydrogen (secondary N) is 1. The van der Waals surface area contributed by atoms with Crippen molar-refractivity contribution in [1.29, 1.82) is 0 Å². The summed E-state index contributed by atoms with van der Waals surface area (Å²) >= 11 is 0. The van der Waals surface area contributed by atoms with Crippen molar-refractivity contribution in [3.63, 3.8) is 0 Å². The quantitative estimate of drug-likeness (QED) is 0.826. The van der Waals surface area contributed by atoms with E-state index >= 15 is 0 Å². The minimum Gasteiger partial charge on any atom is -0.488 e. The number of aliphatic hydroxyl groups is 1. The molecule has 0 heterocycles. The molecule has 1 aromatic rings. The maximum Gasteiger partial charge on any atom is 0.120 e. The molecule has 17 heavy (non-hydrogen) atoms. The molecule has 96 valence electrons. The van der Waals surface area contributed by atoms with Crippen LogP contribution in [-0.4, -0.2) is 24.4 Å². The molecular weight excluding hydrogens is 214 g/mol. The number of rotatable bonds is 5. The lowest BCUT2D eigenvalue weighted by Crippen LogP contribution is -2.23. The van der Waals surface area contributed by atoms with Crippen LogP contribution in [0.4, 0.5) is 0 Å². The van der Waals surface area contributed by atoms with E-state index in [1.165, 1.54) is 5.56 Å². The third-order valence-corrected chi connectivity index (χ3v) is 2.47. The summed E-state index contributed by atoms with van der Waals surface area (Å²) in [6.45, 7) is 6.28. The molecule has 1 atom stereocenters. The van der Waals surface area contributed by atoms with Crippen molar-refractivity contribution in [2.75, 3.05) is 13.7 Å². The lowest BCUT2D eigenvalue weighted by atomic mass is 10.0. The van der Waals surface area contributed by atoms with E-state index in [0.717, 1.165) is 12.2 Å². The molecule has 0 saturated carbocycles. The molecule has 0 radical (unpaired) electrons. The first-order valence-electron chi connectivity index (χ1n) is 6.03. The van der Waals surface area contributed by atoms with Crippen LogP contribution in [0.1, 0.15) is 38.8 Å². The third kappa shape index (κ3) is 4.75. The van der Waals surface area contributed by atoms with Crippen LogP contribution in [0.15, 0.2) is 24.3 Å². The predicted octanol–water partition coefficient (Wildman–Crippen LogP) is 2.51. The Kier molecular flexibility index (Phi) is 4.97. The highest BCUT2D eigenvalue weighted by molar-refractivity contribution is 5.29. The van der Waals surface area contributed by atoms with Gasteiger partial charge in [-0.2, -0.15) is 0 Å². The molecular formula is C14H23NO2. The maximum atomic E-state index is 8.97. The zero-order valence-electron chi connectivity index (χ0n) is 11.2. The van der Waals surface area contributed by atoms with Gasteiger partial charge in [-0.1, -0.05) is 12.1 Å². The van der Waals surface area contributed by atoms with Gasteiger partial charge in [0.15, 0.2) is 0 Å². The minimum atomic E-state index is -0.172. The van der Waals surface area contributed by atoms with E-state index in [1.54, 1.807) is 0 Å². The van der Waals surface area contributed by atoms with E-state index in [4.69, 9.17) is 9.84 Å². The second-order valence-corrected chi connectivity index (χ2v) is 5.14. The van der Waals surface area contributed by atoms with Gasteiger partial charge in [0.25, 0.3) is 0 Å². The van der Waals surface area contributed by atoms with Crippen LogP contribution in [0.25, 0.3) is 0 Å². The smallest absolute Gasteiger partial charge is 0.120 e. The van der Waals surface area contributed by atoms with Crippen LogP contribution in [-0.2, 0) is 0 Å². The number of hydrogen-bond acceptors (Lipinski definition) is 3. The number of benzene rings is 1. The van der Waals surface area contributed by atoms with E-state index in [-0.39, 0.29) is 18.2 Å². The van der Waals surface area contributed by atoms with Crippen LogP contribution in [0.2, 0.25) is 0 Å². The van der Waals surface area contributed by atoms with Crippen LogP contribution in [0, 0.1) is 0 Å². The normalized spacial score (nSPS) is 13.5. The molecule has 0 fully saturated rings. The zero-order chi connectivity index (χ0) is 12.9. The summed E-state index contributed by atoms with van der Waals surface area (Å²) in [7, 11) is 1.90. The molecule has 0 bridgehead atoms. The molecule has 0 aromatic heterocycles. The first-order valence-corrected chi connectivity index (χ1v) is 6.03. The third-order valence-electron chi connectivity index (χ3n) is 2.47. The fourth-order valence-corrected chi connectivity index (χ4v) is 1.73. The molecule has 0 aliphatic carbocycles. The first-order chi connectivity index (χ1) is 7.96. The Balaban J connectivity index is 2.73. The molecule has 0 amide bonds. The van der Waals surface area contributed by atoms with Crippen molar-refractivity contribution >= 4 is 0 Å². The number of hydrogen-bond donors (Lipinski definition) is 2. The fourth-order valence-electron chi connectivity index (χ4n) is 1.73. The van der Waals surface area contributed by atoms with Gasteiger partial charge in [-0.15, -0.1) is 0 Å². The molecule has 1 unspecified atom stereocenters. The highest BCUT2D eigenvalue weighted by atomic mass is 16.5. The molecule has 0 aliphatic heterocycles. The van der Waals surface area contributed by atoms with Crippen molar-refractivity contribution in [2.45, 2.75) is 38.8 Å². The van der Waals surface area contributed by atoms with E-state index < -0.39 is 0 Å². The Bertz CT molecular complexity index is 327. The fraction of sp³-hybridized carbons (Fsp3) is 0.571. The predicted molar refractivity (Wildman–Crippen MR) is 70.3 cm³/mol. The van der Waals surface area contributed by atoms with Crippen molar-refractivity contribution in [1.82, 2.24) is 5.32 Å². The van der Waals surface area contributed by atoms with Crippen molar-refractivity contribution in [3.05, 3.63) is 29.8 Å². The summed E-state index contributed by atoms with van der Waals surface area (Å²) in [5, 5.41) is 12.2. The molecule has 1 aromatic carbocycles. The van der Waals surface area contributed by atoms with Gasteiger partial charge < -0.3 is 15.2 Å². The average Bonchev–Trinajstić information content (AvgIpc) is 2.25. The topological polar surface area (TPSA) is 41.5 Å². The standard InChI is InChI=1S/C14H23NO2/c1-14(2,3)17-12-7-5-11(6-8-12)13(15-4)9-10-16/h5-8,13,15-16H,9-10H2,1-4H3. The summed E-state index contributed by atoms with van der Waals surface area (Å²) in [5.41, 5.74) is 0.998. The first kappa shape index (κ1) is 14.0. The summed E-state index contributed by atoms with van der Waals surface area (Å²) < 4.78 is 5.76. The van der Waals surface area contributed by atoms with Gasteiger partial charge in [0.2, 0.25) is 0 Å². The lowest BCUT2D eigenvalue weighted by molar-refractivity contribution is 0.131. The highest BCUT2D eigenvalue weighted by Gasteiger charge is 2.12. The second-order valence-electron chi connectivity index (χ2n) is 5.14. The van der Waals surface area contributed by atoms with Crippen molar-refractivity contribution in [3.8, 4) is 5.75 Å². The molecule has 3 heteroatoms. The molecule has 0 saturated heterocycles. The molecule has 2 N–H and O–H groups in total. The Morgan fingerprint density at radius 2 is 1.82 bits per heavy atom. The van der Waals surface area contributed by atoms with E-state index in [9.17, 15) is 0 Å². The largest absolute Gasteiger partial charge is 0.488 e. The van der Waals surface area contributed by atoms with Crippen molar-refractivity contribution < 1.29 is 9.84 Å². The summed E-state index contributed by atoms with van der Waals surface area (Å²) in [6.07, 6.45) is 0.718. The molecule has 3 nitrogen and oxygen atoms in total. The van der Waals surface area contributed by atoms with E-state index in [2.05, 4.69) is 5.32 Å². The Labute approximate surface area is 104 Å². The Morgan fingerprint density at radius 3 is 2.24 bits per heavy atom. The van der Waals surface area contributed by atoms with Crippen LogP contribution < -0.4 is 10.1 Å². The van der Waals surface area contributed by atoms with Crippen LogP contribution in [0.5, 0.6) is 5.75 Å². The monoisotopic (exact) mass is 237 g/mol. The van der Waals surface area contributed by atoms with Gasteiger partial charge >= 0.3 is 0 Å². The minimum absolute atomic E-state index is 0.172. The lowest BCUT2D eigenvalue weighted by Gasteiger charge is -2.22. The summed E-state index contributed by atoms with van der Waals surface area (Å²) in [6, 6.07) is 8.23. The Hall–Kier alpha value is -1.06.